The van der Waals surface area contributed by atoms with Gasteiger partial charge in [-0.15, -0.1) is 0 Å². The van der Waals surface area contributed by atoms with Crippen molar-refractivity contribution in [2.75, 3.05) is 31.1 Å². The number of nitrogens with zero attached hydrogens (tertiary/aromatic N) is 1. The number of nitrogens with one attached hydrogen (secondary N) is 1. The SMILES string of the molecule is c1c(C2CNC2)cc2c3c1CCCN3CCC2. The van der Waals surface area contributed by atoms with E-state index in [2.05, 4.69) is 22.3 Å². The molecule has 0 aromatic heterocycles. The molecule has 3 aliphatic heterocycles. The second-order valence-corrected chi connectivity index (χ2v) is 5.74. The fourth-order valence-corrected chi connectivity index (χ4v) is 3.59. The quantitative estimate of drug-likeness (QED) is 0.791. The van der Waals surface area contributed by atoms with Gasteiger partial charge in [0.1, 0.15) is 0 Å². The Hall–Kier alpha value is -1.02. The number of hydrogen-bond donors (Lipinski definition) is 1. The molecule has 0 unspecified atom stereocenters. The molecular formula is C15H20N2. The van der Waals surface area contributed by atoms with Crippen molar-refractivity contribution in [2.24, 2.45) is 0 Å². The summed E-state index contributed by atoms with van der Waals surface area (Å²) in [5, 5.41) is 3.39. The fraction of sp³-hybridized carbons (Fsp3) is 0.600. The highest BCUT2D eigenvalue weighted by Gasteiger charge is 2.27. The smallest absolute Gasteiger partial charge is 0.0431 e. The third kappa shape index (κ3) is 1.50. The molecule has 0 atom stereocenters. The molecule has 1 N–H and O–H groups in total. The van der Waals surface area contributed by atoms with Gasteiger partial charge in [-0.2, -0.15) is 0 Å². The molecule has 2 heteroatoms. The first-order valence-corrected chi connectivity index (χ1v) is 7.03. The lowest BCUT2D eigenvalue weighted by molar-refractivity contribution is 0.447. The lowest BCUT2D eigenvalue weighted by Crippen LogP contribution is -2.40. The summed E-state index contributed by atoms with van der Waals surface area (Å²) in [4.78, 5) is 2.63. The molecule has 1 saturated heterocycles. The summed E-state index contributed by atoms with van der Waals surface area (Å²) in [6, 6.07) is 5.00. The Morgan fingerprint density at radius 1 is 1.00 bits per heavy atom. The molecule has 0 spiro atoms. The van der Waals surface area contributed by atoms with Gasteiger partial charge in [0, 0.05) is 37.8 Å². The van der Waals surface area contributed by atoms with Gasteiger partial charge >= 0.3 is 0 Å². The monoisotopic (exact) mass is 228 g/mol. The largest absolute Gasteiger partial charge is 0.371 e. The molecular weight excluding hydrogens is 208 g/mol. The Balaban J connectivity index is 1.82. The van der Waals surface area contributed by atoms with Crippen LogP contribution in [0.1, 0.15) is 35.4 Å². The normalized spacial score (nSPS) is 23.2. The predicted molar refractivity (Wildman–Crippen MR) is 70.9 cm³/mol. The molecule has 3 heterocycles. The fourth-order valence-electron chi connectivity index (χ4n) is 3.59. The molecule has 0 radical (unpaired) electrons. The molecule has 1 fully saturated rings. The summed E-state index contributed by atoms with van der Waals surface area (Å²) < 4.78 is 0. The zero-order chi connectivity index (χ0) is 11.2. The lowest BCUT2D eigenvalue weighted by Gasteiger charge is -2.38. The number of aryl methyl sites for hydroxylation is 2. The molecule has 3 aliphatic rings. The topological polar surface area (TPSA) is 15.3 Å². The van der Waals surface area contributed by atoms with Crippen LogP contribution >= 0.6 is 0 Å². The van der Waals surface area contributed by atoms with E-state index >= 15 is 0 Å². The molecule has 2 nitrogen and oxygen atoms in total. The van der Waals surface area contributed by atoms with Crippen LogP contribution < -0.4 is 10.2 Å². The van der Waals surface area contributed by atoms with Crippen molar-refractivity contribution in [1.82, 2.24) is 5.32 Å². The van der Waals surface area contributed by atoms with E-state index in [0.29, 0.717) is 0 Å². The van der Waals surface area contributed by atoms with Crippen molar-refractivity contribution in [3.05, 3.63) is 28.8 Å². The van der Waals surface area contributed by atoms with Gasteiger partial charge in [0.05, 0.1) is 0 Å². The predicted octanol–water partition coefficient (Wildman–Crippen LogP) is 2.07. The van der Waals surface area contributed by atoms with E-state index in [-0.39, 0.29) is 0 Å². The summed E-state index contributed by atoms with van der Waals surface area (Å²) in [5.74, 6) is 0.786. The van der Waals surface area contributed by atoms with E-state index in [1.54, 1.807) is 22.4 Å². The molecule has 0 amide bonds. The summed E-state index contributed by atoms with van der Waals surface area (Å²) in [5.41, 5.74) is 6.48. The molecule has 17 heavy (non-hydrogen) atoms. The van der Waals surface area contributed by atoms with Crippen molar-refractivity contribution >= 4 is 5.69 Å². The van der Waals surface area contributed by atoms with Crippen LogP contribution in [0.5, 0.6) is 0 Å². The first kappa shape index (κ1) is 9.95. The van der Waals surface area contributed by atoms with Gasteiger partial charge in [-0.25, -0.2) is 0 Å². The van der Waals surface area contributed by atoms with Gasteiger partial charge in [0.15, 0.2) is 0 Å². The Labute approximate surface area is 103 Å². The highest BCUT2D eigenvalue weighted by atomic mass is 15.1. The summed E-state index contributed by atoms with van der Waals surface area (Å²) in [7, 11) is 0. The first-order valence-electron chi connectivity index (χ1n) is 7.03. The lowest BCUT2D eigenvalue weighted by atomic mass is 9.85. The second kappa shape index (κ2) is 3.74. The third-order valence-corrected chi connectivity index (χ3v) is 4.61. The van der Waals surface area contributed by atoms with Crippen LogP contribution in [0, 0.1) is 0 Å². The number of rotatable bonds is 1. The Kier molecular flexibility index (Phi) is 2.19. The van der Waals surface area contributed by atoms with Crippen LogP contribution in [-0.2, 0) is 12.8 Å². The third-order valence-electron chi connectivity index (χ3n) is 4.61. The Morgan fingerprint density at radius 3 is 2.18 bits per heavy atom. The second-order valence-electron chi connectivity index (χ2n) is 5.74. The van der Waals surface area contributed by atoms with E-state index in [4.69, 9.17) is 0 Å². The van der Waals surface area contributed by atoms with Gasteiger partial charge < -0.3 is 10.2 Å². The minimum absolute atomic E-state index is 0.786. The van der Waals surface area contributed by atoms with Crippen LogP contribution in [0.3, 0.4) is 0 Å². The van der Waals surface area contributed by atoms with Gasteiger partial charge in [-0.1, -0.05) is 12.1 Å². The maximum absolute atomic E-state index is 3.39. The number of benzene rings is 1. The highest BCUT2D eigenvalue weighted by molar-refractivity contribution is 5.64. The van der Waals surface area contributed by atoms with Gasteiger partial charge in [0.2, 0.25) is 0 Å². The molecule has 1 aromatic rings. The van der Waals surface area contributed by atoms with Gasteiger partial charge in [-0.3, -0.25) is 0 Å². The van der Waals surface area contributed by atoms with E-state index in [0.717, 1.165) is 5.92 Å². The minimum atomic E-state index is 0.786. The average Bonchev–Trinajstić information content (AvgIpc) is 2.27. The van der Waals surface area contributed by atoms with E-state index < -0.39 is 0 Å². The van der Waals surface area contributed by atoms with Crippen LogP contribution in [0.15, 0.2) is 12.1 Å². The van der Waals surface area contributed by atoms with E-state index in [1.807, 2.05) is 0 Å². The molecule has 0 saturated carbocycles. The van der Waals surface area contributed by atoms with Gasteiger partial charge in [-0.05, 0) is 42.4 Å². The zero-order valence-corrected chi connectivity index (χ0v) is 10.3. The van der Waals surface area contributed by atoms with Crippen LogP contribution in [0.2, 0.25) is 0 Å². The van der Waals surface area contributed by atoms with Crippen LogP contribution in [0.4, 0.5) is 5.69 Å². The summed E-state index contributed by atoms with van der Waals surface area (Å²) in [6.07, 6.45) is 5.29. The average molecular weight is 228 g/mol. The van der Waals surface area contributed by atoms with Crippen LogP contribution in [0.25, 0.3) is 0 Å². The molecule has 1 aromatic carbocycles. The maximum Gasteiger partial charge on any atom is 0.0431 e. The minimum Gasteiger partial charge on any atom is -0.371 e. The molecule has 0 bridgehead atoms. The van der Waals surface area contributed by atoms with Crippen molar-refractivity contribution in [1.29, 1.82) is 0 Å². The first-order chi connectivity index (χ1) is 8.42. The van der Waals surface area contributed by atoms with Crippen molar-refractivity contribution in [3.63, 3.8) is 0 Å². The zero-order valence-electron chi connectivity index (χ0n) is 10.3. The summed E-state index contributed by atoms with van der Waals surface area (Å²) in [6.45, 7) is 4.93. The Morgan fingerprint density at radius 2 is 1.65 bits per heavy atom. The maximum atomic E-state index is 3.39. The van der Waals surface area contributed by atoms with Crippen LogP contribution in [-0.4, -0.2) is 26.2 Å². The molecule has 0 aliphatic carbocycles. The molecule has 4 rings (SSSR count). The van der Waals surface area contributed by atoms with E-state index in [1.165, 1.54) is 51.9 Å². The van der Waals surface area contributed by atoms with E-state index in [9.17, 15) is 0 Å². The summed E-state index contributed by atoms with van der Waals surface area (Å²) >= 11 is 0. The van der Waals surface area contributed by atoms with Crippen molar-refractivity contribution in [3.8, 4) is 0 Å². The number of anilines is 1. The number of hydrogen-bond acceptors (Lipinski definition) is 2. The standard InChI is InChI=1S/C15H20N2/c1-3-11-7-13(14-9-16-10-14)8-12-4-2-6-17(5-1)15(11)12/h7-8,14,16H,1-6,9-10H2. The molecule has 90 valence electrons. The highest BCUT2D eigenvalue weighted by Crippen LogP contribution is 2.37. The van der Waals surface area contributed by atoms with Crippen molar-refractivity contribution < 1.29 is 0 Å². The van der Waals surface area contributed by atoms with Gasteiger partial charge in [0.25, 0.3) is 0 Å². The Bertz CT molecular complexity index is 417. The van der Waals surface area contributed by atoms with Crippen molar-refractivity contribution in [2.45, 2.75) is 31.6 Å².